The predicted octanol–water partition coefficient (Wildman–Crippen LogP) is 24.3. The van der Waals surface area contributed by atoms with Crippen LogP contribution in [0.4, 0.5) is 0 Å². The van der Waals surface area contributed by atoms with Gasteiger partial charge in [0.05, 0.1) is 13.2 Å². The van der Waals surface area contributed by atoms with Gasteiger partial charge in [0.1, 0.15) is 0 Å². The van der Waals surface area contributed by atoms with Crippen molar-refractivity contribution in [3.8, 4) is 0 Å². The van der Waals surface area contributed by atoms with Crippen LogP contribution in [0.3, 0.4) is 0 Å². The second-order valence-electron chi connectivity index (χ2n) is 21.6. The summed E-state index contributed by atoms with van der Waals surface area (Å²) in [5.74, 6) is -0.00320. The molecule has 0 unspecified atom stereocenters. The first kappa shape index (κ1) is 74.9. The monoisotopic (exact) mass is 1060 g/mol. The number of carbonyl (C=O) groups excluding carboxylic acids is 2. The highest BCUT2D eigenvalue weighted by molar-refractivity contribution is 5.69. The lowest BCUT2D eigenvalue weighted by Gasteiger charge is -2.05. The van der Waals surface area contributed by atoms with Crippen molar-refractivity contribution in [1.82, 2.24) is 0 Å². The molecule has 0 aromatic carbocycles. The van der Waals surface area contributed by atoms with E-state index in [1.54, 1.807) is 0 Å². The van der Waals surface area contributed by atoms with Crippen LogP contribution >= 0.6 is 0 Å². The molecule has 0 heterocycles. The summed E-state index contributed by atoms with van der Waals surface area (Å²) in [6.07, 6.45) is 94.5. The van der Waals surface area contributed by atoms with Gasteiger partial charge in [-0.2, -0.15) is 0 Å². The van der Waals surface area contributed by atoms with Crippen molar-refractivity contribution in [2.24, 2.45) is 0 Å². The van der Waals surface area contributed by atoms with E-state index >= 15 is 0 Å². The molecule has 0 aliphatic heterocycles. The molecule has 0 aromatic heterocycles. The van der Waals surface area contributed by atoms with Crippen LogP contribution in [0, 0.1) is 0 Å². The van der Waals surface area contributed by atoms with E-state index in [0.717, 1.165) is 64.2 Å². The molecule has 0 spiro atoms. The van der Waals surface area contributed by atoms with Crippen molar-refractivity contribution >= 4 is 11.9 Å². The van der Waals surface area contributed by atoms with Crippen LogP contribution in [-0.2, 0) is 19.1 Å². The lowest BCUT2D eigenvalue weighted by molar-refractivity contribution is -0.144. The van der Waals surface area contributed by atoms with E-state index < -0.39 is 0 Å². The Morgan fingerprint density at radius 2 is 0.408 bits per heavy atom. The van der Waals surface area contributed by atoms with Gasteiger partial charge in [-0.05, 0) is 154 Å². The first-order valence-corrected chi connectivity index (χ1v) is 33.1. The van der Waals surface area contributed by atoms with Gasteiger partial charge in [0.25, 0.3) is 0 Å². The van der Waals surface area contributed by atoms with Gasteiger partial charge in [-0.1, -0.05) is 266 Å². The molecule has 0 fully saturated rings. The minimum Gasteiger partial charge on any atom is -0.466 e. The van der Waals surface area contributed by atoms with Gasteiger partial charge in [-0.25, -0.2) is 0 Å². The zero-order chi connectivity index (χ0) is 55.2. The largest absolute Gasteiger partial charge is 0.466 e. The standard InChI is InChI=1S/2C36H64O2/c2*1-3-5-7-9-11-13-15-17-19-21-23-25-27-29-31-33-35-38-36(37)34-32-30-28-26-24-22-20-18-16-14-12-10-8-6-4-2/h2*11-14,17-20H,3-10,15-16,21-35H2,1-2H3/b2*13-11-,14-12-,19-17-,20-18-. The number of carbonyl (C=O) groups is 2. The fraction of sp³-hybridized carbons (Fsp3) is 0.750. The molecule has 440 valence electrons. The maximum atomic E-state index is 11.9. The Bertz CT molecular complexity index is 1270. The molecule has 0 aliphatic carbocycles. The van der Waals surface area contributed by atoms with E-state index in [-0.39, 0.29) is 11.9 Å². The normalized spacial score (nSPS) is 12.2. The predicted molar refractivity (Wildman–Crippen MR) is 339 cm³/mol. The van der Waals surface area contributed by atoms with E-state index in [4.69, 9.17) is 9.47 Å². The molecule has 0 aromatic rings. The number of esters is 2. The fourth-order valence-electron chi connectivity index (χ4n) is 8.86. The van der Waals surface area contributed by atoms with Crippen LogP contribution in [-0.4, -0.2) is 25.2 Å². The molecular formula is C72H128O4. The summed E-state index contributed by atoms with van der Waals surface area (Å²) in [6.45, 7) is 10.2. The number of ether oxygens (including phenoxy) is 2. The topological polar surface area (TPSA) is 52.6 Å². The molecule has 76 heavy (non-hydrogen) atoms. The highest BCUT2D eigenvalue weighted by Gasteiger charge is 2.04. The van der Waals surface area contributed by atoms with E-state index in [0.29, 0.717) is 26.1 Å². The summed E-state index contributed by atoms with van der Waals surface area (Å²) in [6, 6.07) is 0. The molecule has 0 amide bonds. The summed E-state index contributed by atoms with van der Waals surface area (Å²) < 4.78 is 10.8. The number of hydrogen-bond donors (Lipinski definition) is 0. The number of unbranched alkanes of at least 4 members (excludes halogenated alkanes) is 34. The van der Waals surface area contributed by atoms with Gasteiger partial charge in [-0.15, -0.1) is 0 Å². The first-order chi connectivity index (χ1) is 37.6. The number of allylic oxidation sites excluding steroid dienone is 16. The van der Waals surface area contributed by atoms with Crippen LogP contribution in [0.1, 0.15) is 336 Å². The lowest BCUT2D eigenvalue weighted by Crippen LogP contribution is -2.05. The van der Waals surface area contributed by atoms with Crippen LogP contribution in [0.2, 0.25) is 0 Å². The molecule has 0 radical (unpaired) electrons. The molecule has 0 saturated heterocycles. The summed E-state index contributed by atoms with van der Waals surface area (Å²) in [5, 5.41) is 0. The van der Waals surface area contributed by atoms with Crippen LogP contribution < -0.4 is 0 Å². The zero-order valence-electron chi connectivity index (χ0n) is 51.2. The van der Waals surface area contributed by atoms with Gasteiger partial charge >= 0.3 is 11.9 Å². The number of hydrogen-bond acceptors (Lipinski definition) is 4. The van der Waals surface area contributed by atoms with Crippen molar-refractivity contribution in [2.45, 2.75) is 336 Å². The highest BCUT2D eigenvalue weighted by Crippen LogP contribution is 2.14. The highest BCUT2D eigenvalue weighted by atomic mass is 16.5. The molecule has 0 aliphatic rings. The smallest absolute Gasteiger partial charge is 0.305 e. The summed E-state index contributed by atoms with van der Waals surface area (Å²) in [4.78, 5) is 23.8. The molecule has 4 heteroatoms. The first-order valence-electron chi connectivity index (χ1n) is 33.1. The van der Waals surface area contributed by atoms with Crippen LogP contribution in [0.15, 0.2) is 97.2 Å². The van der Waals surface area contributed by atoms with Crippen molar-refractivity contribution in [3.05, 3.63) is 97.2 Å². The Balaban J connectivity index is 0. The van der Waals surface area contributed by atoms with Crippen LogP contribution in [0.5, 0.6) is 0 Å². The Morgan fingerprint density at radius 1 is 0.224 bits per heavy atom. The minimum atomic E-state index is -0.00160. The van der Waals surface area contributed by atoms with Gasteiger partial charge in [-0.3, -0.25) is 9.59 Å². The second kappa shape index (κ2) is 71.9. The Hall–Kier alpha value is -3.14. The van der Waals surface area contributed by atoms with E-state index in [2.05, 4.69) is 125 Å². The third kappa shape index (κ3) is 72.9. The van der Waals surface area contributed by atoms with Gasteiger partial charge in [0, 0.05) is 12.8 Å². The van der Waals surface area contributed by atoms with E-state index in [9.17, 15) is 9.59 Å². The lowest BCUT2D eigenvalue weighted by atomic mass is 10.1. The second-order valence-corrected chi connectivity index (χ2v) is 21.6. The van der Waals surface area contributed by atoms with Gasteiger partial charge in [0.2, 0.25) is 0 Å². The molecule has 0 atom stereocenters. The average Bonchev–Trinajstić information content (AvgIpc) is 3.42. The molecular weight excluding hydrogens is 929 g/mol. The summed E-state index contributed by atoms with van der Waals surface area (Å²) >= 11 is 0. The van der Waals surface area contributed by atoms with Crippen LogP contribution in [0.25, 0.3) is 0 Å². The molecule has 0 bridgehead atoms. The molecule has 0 rings (SSSR count). The third-order valence-corrected chi connectivity index (χ3v) is 13.9. The zero-order valence-corrected chi connectivity index (χ0v) is 51.2. The fourth-order valence-corrected chi connectivity index (χ4v) is 8.86. The minimum absolute atomic E-state index is 0.00160. The van der Waals surface area contributed by atoms with Gasteiger partial charge < -0.3 is 9.47 Å². The van der Waals surface area contributed by atoms with Crippen molar-refractivity contribution in [3.63, 3.8) is 0 Å². The quantitative estimate of drug-likeness (QED) is 0.0346. The Labute approximate surface area is 475 Å². The molecule has 4 nitrogen and oxygen atoms in total. The Morgan fingerprint density at radius 3 is 0.632 bits per heavy atom. The summed E-state index contributed by atoms with van der Waals surface area (Å²) in [7, 11) is 0. The average molecular weight is 1060 g/mol. The third-order valence-electron chi connectivity index (χ3n) is 13.9. The van der Waals surface area contributed by atoms with Crippen molar-refractivity contribution in [2.75, 3.05) is 13.2 Å². The SMILES string of the molecule is CCCCC/C=C\C/C=C\CCCCCCCCOC(=O)CCCCCCC/C=C\C/C=C\CCCCC.CCCCC/C=C\C/C=C\CCCCCCCCOC(=O)CCCCCCC/C=C\C/C=C\CCCCC. The van der Waals surface area contributed by atoms with E-state index in [1.807, 2.05) is 0 Å². The summed E-state index contributed by atoms with van der Waals surface area (Å²) in [5.41, 5.74) is 0. The maximum Gasteiger partial charge on any atom is 0.305 e. The van der Waals surface area contributed by atoms with Gasteiger partial charge in [0.15, 0.2) is 0 Å². The number of rotatable bonds is 58. The maximum absolute atomic E-state index is 11.9. The van der Waals surface area contributed by atoms with Crippen molar-refractivity contribution in [1.29, 1.82) is 0 Å². The Kier molecular flexibility index (Phi) is 70.8. The molecule has 0 N–H and O–H groups in total. The van der Waals surface area contributed by atoms with Crippen molar-refractivity contribution < 1.29 is 19.1 Å². The molecule has 0 saturated carbocycles. The van der Waals surface area contributed by atoms with E-state index in [1.165, 1.54) is 231 Å².